The van der Waals surface area contributed by atoms with Crippen molar-refractivity contribution < 1.29 is 33.5 Å². The fourth-order valence-corrected chi connectivity index (χ4v) is 5.61. The number of aromatic amines is 1. The zero-order chi connectivity index (χ0) is 32.8. The smallest absolute Gasteiger partial charge is 0.326 e. The van der Waals surface area contributed by atoms with Gasteiger partial charge in [-0.05, 0) is 37.1 Å². The van der Waals surface area contributed by atoms with Crippen molar-refractivity contribution >= 4 is 52.3 Å². The van der Waals surface area contributed by atoms with Crippen molar-refractivity contribution in [1.29, 1.82) is 0 Å². The van der Waals surface area contributed by atoms with Crippen molar-refractivity contribution in [3.63, 3.8) is 0 Å². The first-order valence-corrected chi connectivity index (χ1v) is 15.3. The van der Waals surface area contributed by atoms with Crippen LogP contribution in [0.25, 0.3) is 10.8 Å². The van der Waals surface area contributed by atoms with Crippen molar-refractivity contribution in [2.45, 2.75) is 58.3 Å². The number of amides is 6. The predicted molar refractivity (Wildman–Crippen MR) is 166 cm³/mol. The second-order valence-electron chi connectivity index (χ2n) is 11.1. The topological polar surface area (TPSA) is 197 Å². The van der Waals surface area contributed by atoms with Gasteiger partial charge in [0.2, 0.25) is 5.95 Å². The average molecular weight is 631 g/mol. The van der Waals surface area contributed by atoms with Gasteiger partial charge in [0, 0.05) is 44.8 Å². The van der Waals surface area contributed by atoms with E-state index < -0.39 is 42.2 Å². The van der Waals surface area contributed by atoms with Crippen LogP contribution in [0.4, 0.5) is 10.7 Å². The Bertz CT molecular complexity index is 1730. The van der Waals surface area contributed by atoms with Gasteiger partial charge in [0.05, 0.1) is 6.54 Å². The second kappa shape index (κ2) is 14.1. The zero-order valence-electron chi connectivity index (χ0n) is 25.3. The van der Waals surface area contributed by atoms with Crippen molar-refractivity contribution in [1.82, 2.24) is 25.5 Å². The number of imide groups is 2. The number of hydrogen-bond acceptors (Lipinski definition) is 9. The molecule has 0 fully saturated rings. The van der Waals surface area contributed by atoms with E-state index in [1.54, 1.807) is 0 Å². The number of nitrogens with one attached hydrogen (secondary N) is 4. The standard InChI is InChI=1S/C32H34N6O8/c1-2-3-4-5-6-7-8-9-18-16-23(39)35-31(34-18)37-32(45)33-14-15-46-24(40)17-38-29(43)21-12-10-19-25-20(28(42)36-27(19)41)11-13-22(26(21)25)30(38)44/h10-13,16H,2-9,14-15,17H2,1H3,(H,36,41,42)(H3,33,34,35,37,39,45). The molecular weight excluding hydrogens is 596 g/mol. The lowest BCUT2D eigenvalue weighted by atomic mass is 9.86. The quantitative estimate of drug-likeness (QED) is 0.118. The van der Waals surface area contributed by atoms with Gasteiger partial charge < -0.3 is 10.1 Å². The molecular formula is C32H34N6O8. The van der Waals surface area contributed by atoms with Crippen LogP contribution in [0.1, 0.15) is 99.0 Å². The molecule has 3 aromatic rings. The van der Waals surface area contributed by atoms with Gasteiger partial charge in [-0.3, -0.25) is 49.3 Å². The minimum absolute atomic E-state index is 0.00686. The molecule has 2 aliphatic heterocycles. The highest BCUT2D eigenvalue weighted by molar-refractivity contribution is 6.33. The van der Waals surface area contributed by atoms with Crippen molar-refractivity contribution in [2.24, 2.45) is 0 Å². The molecule has 46 heavy (non-hydrogen) atoms. The van der Waals surface area contributed by atoms with Crippen molar-refractivity contribution in [2.75, 3.05) is 25.0 Å². The molecule has 0 aliphatic carbocycles. The first kappa shape index (κ1) is 32.0. The molecule has 0 bridgehead atoms. The average Bonchev–Trinajstić information content (AvgIpc) is 3.02. The number of urea groups is 1. The summed E-state index contributed by atoms with van der Waals surface area (Å²) in [4.78, 5) is 95.5. The van der Waals surface area contributed by atoms with E-state index in [1.807, 2.05) is 0 Å². The minimum atomic E-state index is -0.892. The lowest BCUT2D eigenvalue weighted by Crippen LogP contribution is -2.44. The maximum Gasteiger partial charge on any atom is 0.326 e. The Balaban J connectivity index is 1.09. The van der Waals surface area contributed by atoms with Gasteiger partial charge in [-0.15, -0.1) is 0 Å². The van der Waals surface area contributed by atoms with Crippen LogP contribution in [0.3, 0.4) is 0 Å². The van der Waals surface area contributed by atoms with Crippen LogP contribution >= 0.6 is 0 Å². The first-order chi connectivity index (χ1) is 22.2. The number of H-pyrrole nitrogens is 1. The Morgan fingerprint density at radius 2 is 1.41 bits per heavy atom. The van der Waals surface area contributed by atoms with Crippen LogP contribution < -0.4 is 21.5 Å². The predicted octanol–water partition coefficient (Wildman–Crippen LogP) is 3.06. The molecule has 0 spiro atoms. The molecule has 5 rings (SSSR count). The summed E-state index contributed by atoms with van der Waals surface area (Å²) in [6, 6.07) is 6.27. The van der Waals surface area contributed by atoms with Gasteiger partial charge >= 0.3 is 12.0 Å². The molecule has 0 atom stereocenters. The number of carbonyl (C=O) groups excluding carboxylic acids is 6. The largest absolute Gasteiger partial charge is 0.462 e. The molecule has 1 aromatic heterocycles. The molecule has 14 nitrogen and oxygen atoms in total. The minimum Gasteiger partial charge on any atom is -0.462 e. The number of esters is 1. The van der Waals surface area contributed by atoms with E-state index in [1.165, 1.54) is 56.0 Å². The number of aryl methyl sites for hydroxylation is 1. The zero-order valence-corrected chi connectivity index (χ0v) is 25.3. The molecule has 0 saturated carbocycles. The normalized spacial score (nSPS) is 13.5. The third-order valence-electron chi connectivity index (χ3n) is 7.83. The summed E-state index contributed by atoms with van der Waals surface area (Å²) in [5, 5.41) is 7.56. The first-order valence-electron chi connectivity index (χ1n) is 15.3. The summed E-state index contributed by atoms with van der Waals surface area (Å²) in [6.45, 7) is 1.11. The van der Waals surface area contributed by atoms with E-state index >= 15 is 0 Å². The van der Waals surface area contributed by atoms with Crippen LogP contribution in [0, 0.1) is 0 Å². The summed E-state index contributed by atoms with van der Waals surface area (Å²) in [7, 11) is 0. The molecule has 240 valence electrons. The van der Waals surface area contributed by atoms with Gasteiger partial charge in [-0.2, -0.15) is 0 Å². The summed E-state index contributed by atoms with van der Waals surface area (Å²) < 4.78 is 5.12. The third-order valence-corrected chi connectivity index (χ3v) is 7.83. The van der Waals surface area contributed by atoms with E-state index in [0.29, 0.717) is 12.1 Å². The molecule has 6 amide bonds. The Morgan fingerprint density at radius 3 is 2.07 bits per heavy atom. The SMILES string of the molecule is CCCCCCCCCc1cc(=O)[nH]c(NC(=O)NCCOC(=O)CN2C(=O)c3ccc4c5c(ccc(c35)C2=O)C(=O)NC4=O)n1. The summed E-state index contributed by atoms with van der Waals surface area (Å²) in [5.74, 6) is -3.71. The van der Waals surface area contributed by atoms with E-state index in [0.717, 1.165) is 24.2 Å². The molecule has 0 radical (unpaired) electrons. The Morgan fingerprint density at radius 1 is 0.826 bits per heavy atom. The molecule has 0 unspecified atom stereocenters. The number of aromatic nitrogens is 2. The molecule has 3 heterocycles. The highest BCUT2D eigenvalue weighted by Crippen LogP contribution is 2.36. The molecule has 14 heteroatoms. The van der Waals surface area contributed by atoms with E-state index in [4.69, 9.17) is 4.74 Å². The van der Waals surface area contributed by atoms with Gasteiger partial charge in [0.1, 0.15) is 13.2 Å². The van der Waals surface area contributed by atoms with Crippen LogP contribution in [-0.4, -0.2) is 70.2 Å². The van der Waals surface area contributed by atoms with Crippen LogP contribution in [-0.2, 0) is 16.0 Å². The van der Waals surface area contributed by atoms with E-state index in [9.17, 15) is 33.6 Å². The van der Waals surface area contributed by atoms with Crippen molar-refractivity contribution in [3.05, 3.63) is 68.6 Å². The number of rotatable bonds is 14. The lowest BCUT2D eigenvalue weighted by Gasteiger charge is -2.28. The maximum atomic E-state index is 13.2. The van der Waals surface area contributed by atoms with Crippen LogP contribution in [0.15, 0.2) is 35.1 Å². The Labute approximate surface area is 263 Å². The Hall–Kier alpha value is -5.40. The number of carbonyl (C=O) groups is 6. The number of unbranched alkanes of at least 4 members (excludes halogenated alkanes) is 6. The van der Waals surface area contributed by atoms with E-state index in [-0.39, 0.29) is 57.7 Å². The third kappa shape index (κ3) is 6.95. The number of hydrogen-bond donors (Lipinski definition) is 4. The number of benzene rings is 2. The molecule has 2 aromatic carbocycles. The fourth-order valence-electron chi connectivity index (χ4n) is 5.61. The van der Waals surface area contributed by atoms with Gasteiger partial charge in [0.25, 0.3) is 29.2 Å². The van der Waals surface area contributed by atoms with E-state index in [2.05, 4.69) is 32.8 Å². The summed E-state index contributed by atoms with van der Waals surface area (Å²) in [6.07, 6.45) is 8.51. The highest BCUT2D eigenvalue weighted by Gasteiger charge is 2.38. The molecule has 4 N–H and O–H groups in total. The van der Waals surface area contributed by atoms with Crippen molar-refractivity contribution in [3.8, 4) is 0 Å². The van der Waals surface area contributed by atoms with Gasteiger partial charge in [0.15, 0.2) is 0 Å². The number of nitrogens with zero attached hydrogens (tertiary/aromatic N) is 2. The molecule has 2 aliphatic rings. The lowest BCUT2D eigenvalue weighted by molar-refractivity contribution is -0.143. The summed E-state index contributed by atoms with van der Waals surface area (Å²) >= 11 is 0. The van der Waals surface area contributed by atoms with Crippen LogP contribution in [0.2, 0.25) is 0 Å². The monoisotopic (exact) mass is 630 g/mol. The Kier molecular flexibility index (Phi) is 9.84. The summed E-state index contributed by atoms with van der Waals surface area (Å²) in [5.41, 5.74) is 0.659. The van der Waals surface area contributed by atoms with Gasteiger partial charge in [-0.25, -0.2) is 9.78 Å². The second-order valence-corrected chi connectivity index (χ2v) is 11.1. The van der Waals surface area contributed by atoms with Gasteiger partial charge in [-0.1, -0.05) is 45.4 Å². The number of anilines is 1. The van der Waals surface area contributed by atoms with Crippen LogP contribution in [0.5, 0.6) is 0 Å². The maximum absolute atomic E-state index is 13.2. The fraction of sp³-hybridized carbons (Fsp3) is 0.375. The highest BCUT2D eigenvalue weighted by atomic mass is 16.5. The number of ether oxygens (including phenoxy) is 1. The molecule has 0 saturated heterocycles.